The molecule has 0 unspecified atom stereocenters. The van der Waals surface area contributed by atoms with E-state index in [9.17, 15) is 5.11 Å². The van der Waals surface area contributed by atoms with Gasteiger partial charge in [-0.2, -0.15) is 0 Å². The van der Waals surface area contributed by atoms with Crippen LogP contribution >= 0.6 is 15.9 Å². The predicted octanol–water partition coefficient (Wildman–Crippen LogP) is 2.01. The lowest BCUT2D eigenvalue weighted by Crippen LogP contribution is -2.44. The van der Waals surface area contributed by atoms with Gasteiger partial charge in [-0.15, -0.1) is 0 Å². The molecule has 1 saturated carbocycles. The van der Waals surface area contributed by atoms with Crippen LogP contribution in [0.5, 0.6) is 0 Å². The summed E-state index contributed by atoms with van der Waals surface area (Å²) in [5.74, 6) is 0.485. The molecule has 0 amide bonds. The fraction of sp³-hybridized carbons (Fsp3) is 0.455. The molecule has 14 heavy (non-hydrogen) atoms. The van der Waals surface area contributed by atoms with Crippen molar-refractivity contribution < 1.29 is 5.11 Å². The number of nitrogens with two attached hydrogens (primary N) is 1. The molecule has 0 bridgehead atoms. The summed E-state index contributed by atoms with van der Waals surface area (Å²) in [6.07, 6.45) is 1.58. The standard InChI is InChI=1S/C11H14BrNO/c12-10-3-1-2-9(4-10)11(14)5-8(6-11)7-13/h1-4,8,14H,5-7,13H2. The lowest BCUT2D eigenvalue weighted by atomic mass is 9.67. The molecule has 1 fully saturated rings. The Kier molecular flexibility index (Phi) is 2.64. The number of hydrogen-bond donors (Lipinski definition) is 2. The highest BCUT2D eigenvalue weighted by atomic mass is 79.9. The molecule has 1 aliphatic rings. The first-order valence-corrected chi connectivity index (χ1v) is 5.62. The quantitative estimate of drug-likeness (QED) is 0.850. The molecule has 0 heterocycles. The molecule has 0 saturated heterocycles. The Balaban J connectivity index is 2.16. The zero-order valence-electron chi connectivity index (χ0n) is 7.91. The molecule has 1 aromatic carbocycles. The van der Waals surface area contributed by atoms with Crippen LogP contribution in [-0.2, 0) is 5.60 Å². The maximum Gasteiger partial charge on any atom is 0.0903 e. The van der Waals surface area contributed by atoms with Gasteiger partial charge in [-0.1, -0.05) is 28.1 Å². The van der Waals surface area contributed by atoms with Crippen molar-refractivity contribution in [1.29, 1.82) is 0 Å². The number of aliphatic hydroxyl groups is 1. The summed E-state index contributed by atoms with van der Waals surface area (Å²) in [6.45, 7) is 0.677. The zero-order valence-corrected chi connectivity index (χ0v) is 9.50. The molecular weight excluding hydrogens is 242 g/mol. The van der Waals surface area contributed by atoms with E-state index in [0.717, 1.165) is 22.9 Å². The van der Waals surface area contributed by atoms with Crippen molar-refractivity contribution in [2.75, 3.05) is 6.54 Å². The van der Waals surface area contributed by atoms with E-state index in [1.165, 1.54) is 0 Å². The van der Waals surface area contributed by atoms with Crippen molar-refractivity contribution in [2.24, 2.45) is 11.7 Å². The normalized spacial score (nSPS) is 31.2. The number of benzene rings is 1. The van der Waals surface area contributed by atoms with Gasteiger partial charge in [0.25, 0.3) is 0 Å². The minimum Gasteiger partial charge on any atom is -0.385 e. The third-order valence-corrected chi connectivity index (χ3v) is 3.44. The Labute approximate surface area is 92.3 Å². The van der Waals surface area contributed by atoms with Gasteiger partial charge < -0.3 is 10.8 Å². The van der Waals surface area contributed by atoms with Crippen molar-refractivity contribution in [3.05, 3.63) is 34.3 Å². The van der Waals surface area contributed by atoms with E-state index < -0.39 is 5.60 Å². The topological polar surface area (TPSA) is 46.2 Å². The Morgan fingerprint density at radius 2 is 2.21 bits per heavy atom. The Morgan fingerprint density at radius 3 is 2.79 bits per heavy atom. The summed E-state index contributed by atoms with van der Waals surface area (Å²) < 4.78 is 1.01. The van der Waals surface area contributed by atoms with Crippen molar-refractivity contribution in [3.63, 3.8) is 0 Å². The SMILES string of the molecule is NCC1CC(O)(c2cccc(Br)c2)C1. The average molecular weight is 256 g/mol. The van der Waals surface area contributed by atoms with Gasteiger partial charge in [0.05, 0.1) is 5.60 Å². The van der Waals surface area contributed by atoms with Gasteiger partial charge in [0, 0.05) is 4.47 Å². The minimum absolute atomic E-state index is 0.485. The van der Waals surface area contributed by atoms with Gasteiger partial charge in [-0.05, 0) is 43.0 Å². The molecule has 0 aliphatic heterocycles. The van der Waals surface area contributed by atoms with Crippen LogP contribution in [0.3, 0.4) is 0 Å². The van der Waals surface area contributed by atoms with Crippen LogP contribution < -0.4 is 5.73 Å². The maximum absolute atomic E-state index is 10.2. The minimum atomic E-state index is -0.631. The van der Waals surface area contributed by atoms with Crippen LogP contribution in [0, 0.1) is 5.92 Å². The van der Waals surface area contributed by atoms with Gasteiger partial charge in [-0.25, -0.2) is 0 Å². The van der Waals surface area contributed by atoms with Gasteiger partial charge in [-0.3, -0.25) is 0 Å². The first-order chi connectivity index (χ1) is 6.64. The van der Waals surface area contributed by atoms with Crippen molar-refractivity contribution in [1.82, 2.24) is 0 Å². The lowest BCUT2D eigenvalue weighted by molar-refractivity contribution is -0.0767. The largest absolute Gasteiger partial charge is 0.385 e. The van der Waals surface area contributed by atoms with Crippen LogP contribution in [0.2, 0.25) is 0 Å². The molecule has 3 N–H and O–H groups in total. The lowest BCUT2D eigenvalue weighted by Gasteiger charge is -2.43. The first-order valence-electron chi connectivity index (χ1n) is 4.82. The van der Waals surface area contributed by atoms with Crippen LogP contribution in [0.4, 0.5) is 0 Å². The zero-order chi connectivity index (χ0) is 10.2. The summed E-state index contributed by atoms with van der Waals surface area (Å²) in [7, 11) is 0. The van der Waals surface area contributed by atoms with E-state index in [1.54, 1.807) is 0 Å². The summed E-state index contributed by atoms with van der Waals surface area (Å²) in [5.41, 5.74) is 5.91. The molecule has 3 heteroatoms. The van der Waals surface area contributed by atoms with Crippen LogP contribution in [0.15, 0.2) is 28.7 Å². The summed E-state index contributed by atoms with van der Waals surface area (Å²) in [5, 5.41) is 10.2. The fourth-order valence-corrected chi connectivity index (χ4v) is 2.47. The highest BCUT2D eigenvalue weighted by Crippen LogP contribution is 2.45. The molecule has 0 radical (unpaired) electrons. The number of hydrogen-bond acceptors (Lipinski definition) is 2. The molecule has 2 nitrogen and oxygen atoms in total. The van der Waals surface area contributed by atoms with Gasteiger partial charge >= 0.3 is 0 Å². The first kappa shape index (κ1) is 10.1. The third-order valence-electron chi connectivity index (χ3n) is 2.95. The van der Waals surface area contributed by atoms with Crippen LogP contribution in [0.25, 0.3) is 0 Å². The van der Waals surface area contributed by atoms with Crippen molar-refractivity contribution in [2.45, 2.75) is 18.4 Å². The van der Waals surface area contributed by atoms with Gasteiger partial charge in [0.1, 0.15) is 0 Å². The predicted molar refractivity (Wildman–Crippen MR) is 59.8 cm³/mol. The molecule has 0 aromatic heterocycles. The van der Waals surface area contributed by atoms with E-state index in [1.807, 2.05) is 24.3 Å². The Morgan fingerprint density at radius 1 is 1.50 bits per heavy atom. The average Bonchev–Trinajstić information content (AvgIpc) is 2.13. The third kappa shape index (κ3) is 1.72. The van der Waals surface area contributed by atoms with E-state index in [2.05, 4.69) is 15.9 Å². The highest BCUT2D eigenvalue weighted by Gasteiger charge is 2.43. The molecule has 2 rings (SSSR count). The van der Waals surface area contributed by atoms with Crippen LogP contribution in [-0.4, -0.2) is 11.7 Å². The van der Waals surface area contributed by atoms with E-state index in [-0.39, 0.29) is 0 Å². The molecule has 1 aromatic rings. The Hall–Kier alpha value is -0.380. The molecule has 0 atom stereocenters. The summed E-state index contributed by atoms with van der Waals surface area (Å²) in [6, 6.07) is 7.86. The van der Waals surface area contributed by atoms with E-state index in [4.69, 9.17) is 5.73 Å². The molecule has 76 valence electrons. The molecule has 1 aliphatic carbocycles. The summed E-state index contributed by atoms with van der Waals surface area (Å²) >= 11 is 3.40. The highest BCUT2D eigenvalue weighted by molar-refractivity contribution is 9.10. The van der Waals surface area contributed by atoms with E-state index >= 15 is 0 Å². The fourth-order valence-electron chi connectivity index (χ4n) is 2.08. The second-order valence-electron chi connectivity index (χ2n) is 4.05. The van der Waals surface area contributed by atoms with Crippen LogP contribution in [0.1, 0.15) is 18.4 Å². The van der Waals surface area contributed by atoms with E-state index in [0.29, 0.717) is 12.5 Å². The second kappa shape index (κ2) is 3.65. The Bertz CT molecular complexity index is 334. The maximum atomic E-state index is 10.2. The molecular formula is C11H14BrNO. The van der Waals surface area contributed by atoms with Crippen molar-refractivity contribution >= 4 is 15.9 Å². The monoisotopic (exact) mass is 255 g/mol. The van der Waals surface area contributed by atoms with Gasteiger partial charge in [0.2, 0.25) is 0 Å². The second-order valence-corrected chi connectivity index (χ2v) is 4.97. The number of rotatable bonds is 2. The molecule has 0 spiro atoms. The number of halogens is 1. The smallest absolute Gasteiger partial charge is 0.0903 e. The van der Waals surface area contributed by atoms with Gasteiger partial charge in [0.15, 0.2) is 0 Å². The summed E-state index contributed by atoms with van der Waals surface area (Å²) in [4.78, 5) is 0. The van der Waals surface area contributed by atoms with Crippen molar-refractivity contribution in [3.8, 4) is 0 Å².